The smallest absolute Gasteiger partial charge is 0.434 e. The second kappa shape index (κ2) is 6.38. The molecule has 0 aromatic heterocycles. The minimum Gasteiger partial charge on any atom is -0.434 e. The topological polar surface area (TPSA) is 35.5 Å². The summed E-state index contributed by atoms with van der Waals surface area (Å²) in [5.41, 5.74) is 2.16. The van der Waals surface area contributed by atoms with Crippen LogP contribution in [0.15, 0.2) is 53.0 Å². The van der Waals surface area contributed by atoms with E-state index in [-0.39, 0.29) is 0 Å². The Labute approximate surface area is 120 Å². The molecule has 98 valence electrons. The van der Waals surface area contributed by atoms with E-state index < -0.39 is 6.16 Å². The minimum atomic E-state index is -0.682. The maximum Gasteiger partial charge on any atom is 0.513 e. The summed E-state index contributed by atoms with van der Waals surface area (Å²) in [6.07, 6.45) is -0.682. The van der Waals surface area contributed by atoms with Crippen molar-refractivity contribution in [2.45, 2.75) is 6.92 Å². The molecule has 0 amide bonds. The zero-order chi connectivity index (χ0) is 13.7. The van der Waals surface area contributed by atoms with Gasteiger partial charge in [0.25, 0.3) is 0 Å². The average molecular weight is 321 g/mol. The van der Waals surface area contributed by atoms with Gasteiger partial charge in [-0.2, -0.15) is 0 Å². The number of carbonyl (C=O) groups is 1. The largest absolute Gasteiger partial charge is 0.513 e. The summed E-state index contributed by atoms with van der Waals surface area (Å²) < 4.78 is 10.7. The summed E-state index contributed by atoms with van der Waals surface area (Å²) in [5.74, 6) is 0.472. The number of halogens is 1. The van der Waals surface area contributed by atoms with Gasteiger partial charge in [-0.15, -0.1) is 0 Å². The molecular formula is C15H13BrO3. The molecule has 0 aliphatic rings. The van der Waals surface area contributed by atoms with E-state index in [4.69, 9.17) is 9.47 Å². The summed E-state index contributed by atoms with van der Waals surface area (Å²) in [6.45, 7) is 2.04. The zero-order valence-electron chi connectivity index (χ0n) is 10.4. The molecule has 0 radical (unpaired) electrons. The van der Waals surface area contributed by atoms with Gasteiger partial charge in [0.05, 0.1) is 6.61 Å². The average Bonchev–Trinajstić information content (AvgIpc) is 2.41. The Kier molecular flexibility index (Phi) is 4.58. The quantitative estimate of drug-likeness (QED) is 0.610. The van der Waals surface area contributed by atoms with Crippen molar-refractivity contribution < 1.29 is 14.3 Å². The lowest BCUT2D eigenvalue weighted by Crippen LogP contribution is -2.09. The van der Waals surface area contributed by atoms with Gasteiger partial charge in [-0.05, 0) is 42.3 Å². The third kappa shape index (κ3) is 3.83. The normalized spacial score (nSPS) is 10.0. The first-order valence-corrected chi connectivity index (χ1v) is 6.69. The first kappa shape index (κ1) is 13.6. The summed E-state index contributed by atoms with van der Waals surface area (Å²) >= 11 is 3.40. The molecule has 4 heteroatoms. The number of ether oxygens (including phenoxy) is 2. The molecule has 0 aliphatic heterocycles. The number of hydrogen-bond acceptors (Lipinski definition) is 3. The van der Waals surface area contributed by atoms with Crippen LogP contribution in [0.5, 0.6) is 5.75 Å². The first-order chi connectivity index (χ1) is 9.19. The summed E-state index contributed by atoms with van der Waals surface area (Å²) in [5, 5.41) is 0. The number of carbonyl (C=O) groups excluding carboxylic acids is 1. The molecule has 0 aliphatic carbocycles. The predicted octanol–water partition coefficient (Wildman–Crippen LogP) is 4.65. The molecule has 0 unspecified atom stereocenters. The Bertz CT molecular complexity index is 547. The van der Waals surface area contributed by atoms with Crippen LogP contribution in [0, 0.1) is 0 Å². The molecule has 0 atom stereocenters. The van der Waals surface area contributed by atoms with E-state index in [1.165, 1.54) is 0 Å². The van der Waals surface area contributed by atoms with Gasteiger partial charge in [0, 0.05) is 4.47 Å². The summed E-state index contributed by atoms with van der Waals surface area (Å²) in [7, 11) is 0. The van der Waals surface area contributed by atoms with Gasteiger partial charge in [-0.25, -0.2) is 4.79 Å². The molecule has 0 N–H and O–H groups in total. The fraction of sp³-hybridized carbons (Fsp3) is 0.133. The Hall–Kier alpha value is -1.81. The molecular weight excluding hydrogens is 308 g/mol. The fourth-order valence-corrected chi connectivity index (χ4v) is 1.87. The highest BCUT2D eigenvalue weighted by atomic mass is 79.9. The first-order valence-electron chi connectivity index (χ1n) is 5.89. The number of hydrogen-bond donors (Lipinski definition) is 0. The third-order valence-electron chi connectivity index (χ3n) is 2.50. The van der Waals surface area contributed by atoms with Crippen molar-refractivity contribution >= 4 is 22.1 Å². The molecule has 0 saturated heterocycles. The van der Waals surface area contributed by atoms with E-state index in [2.05, 4.69) is 15.9 Å². The van der Waals surface area contributed by atoms with Crippen molar-refractivity contribution in [2.24, 2.45) is 0 Å². The Morgan fingerprint density at radius 2 is 1.53 bits per heavy atom. The van der Waals surface area contributed by atoms with Gasteiger partial charge >= 0.3 is 6.16 Å². The predicted molar refractivity (Wildman–Crippen MR) is 77.2 cm³/mol. The van der Waals surface area contributed by atoms with Crippen LogP contribution < -0.4 is 4.74 Å². The van der Waals surface area contributed by atoms with Gasteiger partial charge in [0.15, 0.2) is 0 Å². The van der Waals surface area contributed by atoms with Crippen LogP contribution in [0.1, 0.15) is 6.92 Å². The monoisotopic (exact) mass is 320 g/mol. The number of rotatable bonds is 3. The van der Waals surface area contributed by atoms with Crippen molar-refractivity contribution in [3.05, 3.63) is 53.0 Å². The van der Waals surface area contributed by atoms with Gasteiger partial charge in [-0.3, -0.25) is 0 Å². The Balaban J connectivity index is 2.10. The highest BCUT2D eigenvalue weighted by Gasteiger charge is 2.05. The lowest BCUT2D eigenvalue weighted by atomic mass is 10.1. The highest BCUT2D eigenvalue weighted by Crippen LogP contribution is 2.24. The van der Waals surface area contributed by atoms with Crippen LogP contribution in [0.2, 0.25) is 0 Å². The molecule has 2 aromatic carbocycles. The standard InChI is InChI=1S/C15H13BrO3/c1-2-18-15(17)19-14-9-5-12(6-10-14)11-3-7-13(16)8-4-11/h3-10H,2H2,1H3. The van der Waals surface area contributed by atoms with Crippen molar-refractivity contribution in [1.29, 1.82) is 0 Å². The molecule has 0 spiro atoms. The fourth-order valence-electron chi connectivity index (χ4n) is 1.60. The van der Waals surface area contributed by atoms with Gasteiger partial charge in [0.1, 0.15) is 5.75 Å². The minimum absolute atomic E-state index is 0.301. The highest BCUT2D eigenvalue weighted by molar-refractivity contribution is 9.10. The molecule has 0 bridgehead atoms. The van der Waals surface area contributed by atoms with Crippen LogP contribution >= 0.6 is 15.9 Å². The maximum absolute atomic E-state index is 11.2. The van der Waals surface area contributed by atoms with E-state index >= 15 is 0 Å². The van der Waals surface area contributed by atoms with E-state index in [9.17, 15) is 4.79 Å². The lowest BCUT2D eigenvalue weighted by molar-refractivity contribution is 0.104. The summed E-state index contributed by atoms with van der Waals surface area (Å²) in [4.78, 5) is 11.2. The zero-order valence-corrected chi connectivity index (χ0v) is 12.0. The number of benzene rings is 2. The second-order valence-corrected chi connectivity index (χ2v) is 4.73. The Morgan fingerprint density at radius 3 is 2.05 bits per heavy atom. The molecule has 0 fully saturated rings. The van der Waals surface area contributed by atoms with E-state index in [1.807, 2.05) is 36.4 Å². The Morgan fingerprint density at radius 1 is 1.00 bits per heavy atom. The molecule has 2 aromatic rings. The van der Waals surface area contributed by atoms with Gasteiger partial charge in [0.2, 0.25) is 0 Å². The van der Waals surface area contributed by atoms with Crippen molar-refractivity contribution in [2.75, 3.05) is 6.61 Å². The van der Waals surface area contributed by atoms with Crippen LogP contribution in [-0.2, 0) is 4.74 Å². The SMILES string of the molecule is CCOC(=O)Oc1ccc(-c2ccc(Br)cc2)cc1. The molecule has 2 rings (SSSR count). The second-order valence-electron chi connectivity index (χ2n) is 3.82. The van der Waals surface area contributed by atoms with E-state index in [0.717, 1.165) is 15.6 Å². The summed E-state index contributed by atoms with van der Waals surface area (Å²) in [6, 6.07) is 15.3. The van der Waals surface area contributed by atoms with Gasteiger partial charge < -0.3 is 9.47 Å². The third-order valence-corrected chi connectivity index (χ3v) is 3.02. The lowest BCUT2D eigenvalue weighted by Gasteiger charge is -2.05. The molecule has 19 heavy (non-hydrogen) atoms. The van der Waals surface area contributed by atoms with E-state index in [1.54, 1.807) is 19.1 Å². The van der Waals surface area contributed by atoms with Crippen molar-refractivity contribution in [3.8, 4) is 16.9 Å². The van der Waals surface area contributed by atoms with Crippen molar-refractivity contribution in [1.82, 2.24) is 0 Å². The van der Waals surface area contributed by atoms with E-state index in [0.29, 0.717) is 12.4 Å². The van der Waals surface area contributed by atoms with Gasteiger partial charge in [-0.1, -0.05) is 40.2 Å². The molecule has 3 nitrogen and oxygen atoms in total. The van der Waals surface area contributed by atoms with Crippen molar-refractivity contribution in [3.63, 3.8) is 0 Å². The maximum atomic E-state index is 11.2. The molecule has 0 heterocycles. The van der Waals surface area contributed by atoms with Crippen LogP contribution in [0.4, 0.5) is 4.79 Å². The van der Waals surface area contributed by atoms with Crippen LogP contribution in [0.25, 0.3) is 11.1 Å². The van der Waals surface area contributed by atoms with Crippen LogP contribution in [-0.4, -0.2) is 12.8 Å². The molecule has 0 saturated carbocycles. The van der Waals surface area contributed by atoms with Crippen LogP contribution in [0.3, 0.4) is 0 Å².